The van der Waals surface area contributed by atoms with E-state index in [0.29, 0.717) is 147 Å². The number of hydrogen-bond acceptors (Lipinski definition) is 25. The second kappa shape index (κ2) is 70.1. The summed E-state index contributed by atoms with van der Waals surface area (Å²) in [7, 11) is 0. The van der Waals surface area contributed by atoms with Crippen molar-refractivity contribution in [3.05, 3.63) is 96.6 Å². The van der Waals surface area contributed by atoms with Gasteiger partial charge < -0.3 is 28.8 Å². The normalized spacial score (nSPS) is 11.7. The molecule has 0 spiro atoms. The van der Waals surface area contributed by atoms with Crippen molar-refractivity contribution in [2.75, 3.05) is 119 Å². The lowest BCUT2D eigenvalue weighted by Gasteiger charge is -2.18. The second-order valence-corrected chi connectivity index (χ2v) is 24.3. The molecule has 0 bridgehead atoms. The molecule has 1 atom stereocenters. The zero-order valence-electron chi connectivity index (χ0n) is 61.3. The summed E-state index contributed by atoms with van der Waals surface area (Å²) in [5, 5.41) is 8.74. The minimum atomic E-state index is -0.769. The maximum absolute atomic E-state index is 12.8. The van der Waals surface area contributed by atoms with Crippen LogP contribution in [-0.2, 0) is 87.7 Å². The molecule has 25 nitrogen and oxygen atoms in total. The number of esters is 3. The molecule has 0 amide bonds. The van der Waals surface area contributed by atoms with Crippen molar-refractivity contribution in [1.82, 2.24) is 0 Å². The first-order valence-electron chi connectivity index (χ1n) is 37.8. The number of benzene rings is 3. The van der Waals surface area contributed by atoms with Crippen LogP contribution in [0.1, 0.15) is 246 Å². The monoisotopic (exact) mass is 1450 g/mol. The van der Waals surface area contributed by atoms with Crippen LogP contribution in [0.5, 0.6) is 23.0 Å². The van der Waals surface area contributed by atoms with E-state index in [-0.39, 0.29) is 12.4 Å². The van der Waals surface area contributed by atoms with Gasteiger partial charge in [-0.1, -0.05) is 52.0 Å². The summed E-state index contributed by atoms with van der Waals surface area (Å²) in [5.74, 6) is -0.00630. The molecule has 25 heteroatoms. The molecule has 0 aliphatic rings. The Hall–Kier alpha value is -5.27. The lowest BCUT2D eigenvalue weighted by Crippen LogP contribution is -2.23. The maximum atomic E-state index is 12.8. The number of aliphatic hydroxyl groups excluding tert-OH is 1. The molecule has 0 fully saturated rings. The van der Waals surface area contributed by atoms with Gasteiger partial charge >= 0.3 is 17.9 Å². The third-order valence-electron chi connectivity index (χ3n) is 15.3. The van der Waals surface area contributed by atoms with Gasteiger partial charge in [0.2, 0.25) is 6.29 Å². The van der Waals surface area contributed by atoms with E-state index < -0.39 is 24.2 Å². The molecule has 582 valence electrons. The van der Waals surface area contributed by atoms with Crippen LogP contribution in [0.15, 0.2) is 85.5 Å². The van der Waals surface area contributed by atoms with Crippen molar-refractivity contribution in [3.8, 4) is 23.0 Å². The molecule has 0 aromatic heterocycles. The van der Waals surface area contributed by atoms with Crippen LogP contribution < -0.4 is 18.9 Å². The highest BCUT2D eigenvalue weighted by Crippen LogP contribution is 2.23. The molecule has 3 rings (SSSR count). The van der Waals surface area contributed by atoms with Crippen LogP contribution in [0.2, 0.25) is 0 Å². The molecule has 1 unspecified atom stereocenters. The number of hydrogen-bond donors (Lipinski definition) is 1. The Balaban J connectivity index is 0.935. The Morgan fingerprint density at radius 3 is 0.833 bits per heavy atom. The largest absolute Gasteiger partial charge is 0.494 e. The molecular formula is C77H124O25. The molecule has 0 radical (unpaired) electrons. The van der Waals surface area contributed by atoms with Crippen molar-refractivity contribution >= 4 is 17.9 Å². The number of carbonyl (C=O) groups is 3. The summed E-state index contributed by atoms with van der Waals surface area (Å²) in [6.45, 7) is 15.3. The standard InChI is InChI=1S/C77H124O25/c1-3-5-18-37-75(102-74(79)4-2)99-71-44-40-69(41-45-71)77(81)101-73-48-46-72(47-49-73)100-76(80)68-38-42-70(43-39-68)82-51-20-8-6-7-9-21-52-83-85-54-23-11-25-56-87-89-58-27-13-29-60-91-93-62-31-15-33-64-95-97-66-35-17-36-67-98-96-65-34-16-32-63-94-92-61-30-14-28-59-90-88-57-26-12-24-55-86-84-53-22-10-19-50-78/h4,38-49,75,78H,2-3,5-37,50-67H2,1H3. The van der Waals surface area contributed by atoms with Gasteiger partial charge in [-0.05, 0) is 246 Å². The van der Waals surface area contributed by atoms with Gasteiger partial charge in [-0.3, -0.25) is 0 Å². The second-order valence-electron chi connectivity index (χ2n) is 24.3. The highest BCUT2D eigenvalue weighted by Gasteiger charge is 2.17. The van der Waals surface area contributed by atoms with Crippen molar-refractivity contribution in [2.45, 2.75) is 232 Å². The molecule has 3 aromatic rings. The highest BCUT2D eigenvalue weighted by molar-refractivity contribution is 5.92. The fourth-order valence-corrected chi connectivity index (χ4v) is 9.34. The van der Waals surface area contributed by atoms with E-state index in [1.165, 1.54) is 0 Å². The Kier molecular flexibility index (Phi) is 62.5. The van der Waals surface area contributed by atoms with Crippen LogP contribution in [0, 0.1) is 0 Å². The molecule has 0 heterocycles. The number of unbranched alkanes of at least 4 members (excludes halogenated alkanes) is 23. The first kappa shape index (κ1) is 90.9. The van der Waals surface area contributed by atoms with Crippen LogP contribution in [0.25, 0.3) is 0 Å². The average molecular weight is 1450 g/mol. The maximum Gasteiger partial charge on any atom is 0.343 e. The summed E-state index contributed by atoms with van der Waals surface area (Å²) in [4.78, 5) is 122. The number of carbonyl (C=O) groups excluding carboxylic acids is 3. The topological polar surface area (TPSA) is 265 Å². The molecule has 1 N–H and O–H groups in total. The van der Waals surface area contributed by atoms with Crippen LogP contribution >= 0.6 is 0 Å². The fraction of sp³-hybridized carbons (Fsp3) is 0.701. The van der Waals surface area contributed by atoms with E-state index in [9.17, 15) is 14.4 Å². The van der Waals surface area contributed by atoms with Crippen molar-refractivity contribution in [3.63, 3.8) is 0 Å². The third-order valence-corrected chi connectivity index (χ3v) is 15.3. The summed E-state index contributed by atoms with van der Waals surface area (Å²) < 4.78 is 28.1. The highest BCUT2D eigenvalue weighted by atomic mass is 17.2. The van der Waals surface area contributed by atoms with E-state index in [4.69, 9.17) is 107 Å². The smallest absolute Gasteiger partial charge is 0.343 e. The lowest BCUT2D eigenvalue weighted by molar-refractivity contribution is -0.302. The van der Waals surface area contributed by atoms with Gasteiger partial charge in [-0.25, -0.2) is 92.6 Å². The fourth-order valence-electron chi connectivity index (χ4n) is 9.34. The van der Waals surface area contributed by atoms with Crippen molar-refractivity contribution < 1.29 is 121 Å². The van der Waals surface area contributed by atoms with Gasteiger partial charge in [-0.15, -0.1) is 0 Å². The predicted molar refractivity (Wildman–Crippen MR) is 380 cm³/mol. The van der Waals surface area contributed by atoms with Gasteiger partial charge in [0.15, 0.2) is 0 Å². The summed E-state index contributed by atoms with van der Waals surface area (Å²) >= 11 is 0. The molecule has 102 heavy (non-hydrogen) atoms. The summed E-state index contributed by atoms with van der Waals surface area (Å²) in [5.41, 5.74) is 0.662. The van der Waals surface area contributed by atoms with Gasteiger partial charge in [0.1, 0.15) is 23.0 Å². The van der Waals surface area contributed by atoms with Gasteiger partial charge in [0, 0.05) is 19.1 Å². The summed E-state index contributed by atoms with van der Waals surface area (Å²) in [6.07, 6.45) is 31.9. The van der Waals surface area contributed by atoms with E-state index in [2.05, 4.69) is 13.5 Å². The zero-order valence-corrected chi connectivity index (χ0v) is 61.3. The Morgan fingerprint density at radius 2 is 0.559 bits per heavy atom. The molecule has 0 aliphatic carbocycles. The predicted octanol–water partition coefficient (Wildman–Crippen LogP) is 16.8. The quantitative estimate of drug-likeness (QED) is 0.0105. The average Bonchev–Trinajstić information content (AvgIpc) is 0.879. The summed E-state index contributed by atoms with van der Waals surface area (Å²) in [6, 6.07) is 19.3. The Bertz CT molecular complexity index is 2350. The molecule has 0 saturated heterocycles. The molecule has 3 aromatic carbocycles. The van der Waals surface area contributed by atoms with E-state index in [1.807, 2.05) is 0 Å². The number of aliphatic hydroxyl groups is 1. The number of rotatable bonds is 77. The SMILES string of the molecule is C=CC(=O)OC(CCCCC)Oc1ccc(C(=O)Oc2ccc(OC(=O)c3ccc(OCCCCCCCCOOCCCCCOOCCCCCOOCCCCCOOCCCCCOOCCCCCOOCCCCCOOCCCCCOOCCCCCO)cc3)cc2)cc1. The number of ether oxygens (including phenoxy) is 5. The first-order valence-corrected chi connectivity index (χ1v) is 37.8. The van der Waals surface area contributed by atoms with Crippen molar-refractivity contribution in [2.24, 2.45) is 0 Å². The lowest BCUT2D eigenvalue weighted by atomic mass is 10.1. The van der Waals surface area contributed by atoms with Crippen molar-refractivity contribution in [1.29, 1.82) is 0 Å². The Morgan fingerprint density at radius 1 is 0.314 bits per heavy atom. The molecule has 0 aliphatic heterocycles. The minimum absolute atomic E-state index is 0.227. The van der Waals surface area contributed by atoms with E-state index in [1.54, 1.807) is 72.8 Å². The third kappa shape index (κ3) is 56.2. The minimum Gasteiger partial charge on any atom is -0.494 e. The van der Waals surface area contributed by atoms with E-state index >= 15 is 0 Å². The van der Waals surface area contributed by atoms with Crippen LogP contribution in [0.3, 0.4) is 0 Å². The van der Waals surface area contributed by atoms with Crippen LogP contribution in [-0.4, -0.2) is 148 Å². The molecular weight excluding hydrogens is 1320 g/mol. The van der Waals surface area contributed by atoms with Gasteiger partial charge in [-0.2, -0.15) is 0 Å². The van der Waals surface area contributed by atoms with Gasteiger partial charge in [0.05, 0.1) is 123 Å². The Labute approximate surface area is 606 Å². The molecule has 0 saturated carbocycles. The first-order chi connectivity index (χ1) is 50.4. The zero-order chi connectivity index (χ0) is 72.6. The van der Waals surface area contributed by atoms with E-state index in [0.717, 1.165) is 218 Å². The van der Waals surface area contributed by atoms with Gasteiger partial charge in [0.25, 0.3) is 0 Å². The van der Waals surface area contributed by atoms with Crippen LogP contribution in [0.4, 0.5) is 0 Å².